The van der Waals surface area contributed by atoms with Gasteiger partial charge in [0.1, 0.15) is 0 Å². The van der Waals surface area contributed by atoms with Crippen molar-refractivity contribution in [3.8, 4) is 0 Å². The van der Waals surface area contributed by atoms with Crippen LogP contribution >= 0.6 is 0 Å². The van der Waals surface area contributed by atoms with Crippen LogP contribution in [0.1, 0.15) is 21.9 Å². The average molecular weight is 138 g/mol. The highest BCUT2D eigenvalue weighted by atomic mass is 16.4. The summed E-state index contributed by atoms with van der Waals surface area (Å²) < 4.78 is 40.6. The van der Waals surface area contributed by atoms with Crippen LogP contribution in [0.4, 0.5) is 0 Å². The minimum absolute atomic E-state index is 2.41. The van der Waals surface area contributed by atoms with E-state index in [2.05, 4.69) is 0 Å². The highest BCUT2D eigenvalue weighted by Crippen LogP contribution is 2.13. The third kappa shape index (κ3) is 1.42. The fourth-order valence-electron chi connectivity index (χ4n) is 0.0915. The molecule has 0 atom stereocenters. The lowest BCUT2D eigenvalue weighted by Gasteiger charge is -2.10. The second-order valence-electron chi connectivity index (χ2n) is 1.36. The number of carboxylic acid groups (broad SMARTS) is 2. The van der Waals surface area contributed by atoms with Crippen molar-refractivity contribution in [2.24, 2.45) is 5.41 Å². The van der Waals surface area contributed by atoms with Crippen molar-refractivity contribution < 1.29 is 28.0 Å². The van der Waals surface area contributed by atoms with Crippen LogP contribution in [0, 0.1) is 5.41 Å². The quantitative estimate of drug-likeness (QED) is 0.534. The van der Waals surface area contributed by atoms with Crippen LogP contribution in [0.2, 0.25) is 0 Å². The highest BCUT2D eigenvalue weighted by Gasteiger charge is 2.35. The topological polar surface area (TPSA) is 74.6 Å². The first-order valence-corrected chi connectivity index (χ1v) is 1.86. The van der Waals surface area contributed by atoms with Gasteiger partial charge in [-0.15, -0.1) is 0 Å². The van der Waals surface area contributed by atoms with Gasteiger partial charge in [-0.05, 0) is 13.7 Å². The molecule has 4 heteroatoms. The maximum atomic E-state index is 10.7. The Morgan fingerprint density at radius 3 is 1.67 bits per heavy atom. The second kappa shape index (κ2) is 2.05. The normalized spacial score (nSPS) is 23.6. The fourth-order valence-corrected chi connectivity index (χ4v) is 0.0915. The molecule has 0 aromatic rings. The summed E-state index contributed by atoms with van der Waals surface area (Å²) in [6.45, 7) is -7.34. The first-order valence-electron chi connectivity index (χ1n) is 4.86. The number of aliphatic carboxylic acids is 2. The lowest BCUT2D eigenvalue weighted by atomic mass is 9.95. The minimum atomic E-state index is -3.79. The smallest absolute Gasteiger partial charge is 0.320 e. The van der Waals surface area contributed by atoms with E-state index >= 15 is 0 Å². The van der Waals surface area contributed by atoms with Gasteiger partial charge in [-0.2, -0.15) is 0 Å². The molecule has 0 saturated heterocycles. The van der Waals surface area contributed by atoms with E-state index in [1.807, 2.05) is 0 Å². The number of carboxylic acids is 2. The molecule has 0 rings (SSSR count). The molecule has 0 unspecified atom stereocenters. The van der Waals surface area contributed by atoms with Gasteiger partial charge in [0.15, 0.2) is 5.41 Å². The summed E-state index contributed by atoms with van der Waals surface area (Å²) in [5, 5.41) is 17.1. The van der Waals surface area contributed by atoms with Crippen molar-refractivity contribution >= 4 is 11.9 Å². The molecule has 0 bridgehead atoms. The van der Waals surface area contributed by atoms with E-state index in [1.165, 1.54) is 0 Å². The van der Waals surface area contributed by atoms with E-state index in [0.717, 1.165) is 0 Å². The SMILES string of the molecule is [2H]C([2H])([2H])C(C(=O)O)(C(=O)O)C([2H])([2H])[2H]. The second-order valence-corrected chi connectivity index (χ2v) is 1.36. The van der Waals surface area contributed by atoms with Gasteiger partial charge in [0, 0.05) is 8.22 Å². The van der Waals surface area contributed by atoms with E-state index < -0.39 is 31.1 Å². The molecule has 2 N–H and O–H groups in total. The standard InChI is InChI=1S/C5H8O4/c1-5(2,3(6)7)4(8)9/h1-2H3,(H,6,7)(H,8,9)/i1D3,2D3. The number of rotatable bonds is 2. The van der Waals surface area contributed by atoms with Crippen LogP contribution in [0.15, 0.2) is 0 Å². The molecule has 52 valence electrons. The Bertz CT molecular complexity index is 259. The molecule has 0 aromatic heterocycles. The van der Waals surface area contributed by atoms with Gasteiger partial charge >= 0.3 is 11.9 Å². The molecule has 0 aliphatic carbocycles. The van der Waals surface area contributed by atoms with Gasteiger partial charge in [-0.1, -0.05) is 0 Å². The predicted octanol–water partition coefficient (Wildman–Crippen LogP) is 0.182. The summed E-state index contributed by atoms with van der Waals surface area (Å²) in [5.74, 6) is -4.81. The molecular formula is C5H8O4. The first-order chi connectivity index (χ1) is 6.39. The molecule has 0 amide bonds. The number of hydrogen-bond acceptors (Lipinski definition) is 2. The van der Waals surface area contributed by atoms with Crippen molar-refractivity contribution in [2.45, 2.75) is 13.7 Å². The van der Waals surface area contributed by atoms with Gasteiger partial charge in [0.25, 0.3) is 0 Å². The van der Waals surface area contributed by atoms with Crippen LogP contribution in [-0.2, 0) is 9.59 Å². The van der Waals surface area contributed by atoms with Gasteiger partial charge in [-0.3, -0.25) is 9.59 Å². The summed E-state index contributed by atoms with van der Waals surface area (Å²) in [6, 6.07) is 0. The van der Waals surface area contributed by atoms with Crippen LogP contribution in [0.3, 0.4) is 0 Å². The summed E-state index contributed by atoms with van der Waals surface area (Å²) in [4.78, 5) is 21.3. The summed E-state index contributed by atoms with van der Waals surface area (Å²) in [7, 11) is 0. The number of carbonyl (C=O) groups is 2. The zero-order valence-electron chi connectivity index (χ0n) is 10.2. The summed E-state index contributed by atoms with van der Waals surface area (Å²) in [5.41, 5.74) is -3.79. The Balaban J connectivity index is 5.97. The zero-order valence-corrected chi connectivity index (χ0v) is 4.21. The van der Waals surface area contributed by atoms with Crippen LogP contribution in [0.25, 0.3) is 0 Å². The average Bonchev–Trinajstić information content (AvgIpc) is 1.75. The lowest BCUT2D eigenvalue weighted by molar-refractivity contribution is -0.161. The molecule has 4 nitrogen and oxygen atoms in total. The van der Waals surface area contributed by atoms with E-state index in [0.29, 0.717) is 0 Å². The van der Waals surface area contributed by atoms with Crippen molar-refractivity contribution in [3.05, 3.63) is 0 Å². The Morgan fingerprint density at radius 2 is 1.67 bits per heavy atom. The first kappa shape index (κ1) is 2.28. The van der Waals surface area contributed by atoms with E-state index in [-0.39, 0.29) is 0 Å². The van der Waals surface area contributed by atoms with Crippen LogP contribution in [-0.4, -0.2) is 22.2 Å². The van der Waals surface area contributed by atoms with E-state index in [4.69, 9.17) is 18.4 Å². The molecule has 0 spiro atoms. The minimum Gasteiger partial charge on any atom is -0.480 e. The zero-order chi connectivity index (χ0) is 12.7. The molecular weight excluding hydrogens is 124 g/mol. The molecule has 0 aromatic carbocycles. The van der Waals surface area contributed by atoms with Crippen molar-refractivity contribution in [1.82, 2.24) is 0 Å². The summed E-state index contributed by atoms with van der Waals surface area (Å²) >= 11 is 0. The van der Waals surface area contributed by atoms with Crippen LogP contribution < -0.4 is 0 Å². The van der Waals surface area contributed by atoms with Crippen LogP contribution in [0.5, 0.6) is 0 Å². The van der Waals surface area contributed by atoms with Crippen molar-refractivity contribution in [2.75, 3.05) is 0 Å². The largest absolute Gasteiger partial charge is 0.480 e. The third-order valence-electron chi connectivity index (χ3n) is 0.642. The van der Waals surface area contributed by atoms with E-state index in [1.54, 1.807) is 0 Å². The maximum Gasteiger partial charge on any atom is 0.320 e. The molecule has 0 radical (unpaired) electrons. The number of hydrogen-bond donors (Lipinski definition) is 2. The third-order valence-corrected chi connectivity index (χ3v) is 0.642. The van der Waals surface area contributed by atoms with Gasteiger partial charge in [0.05, 0.1) is 0 Å². The van der Waals surface area contributed by atoms with Gasteiger partial charge < -0.3 is 10.2 Å². The molecule has 9 heavy (non-hydrogen) atoms. The Morgan fingerprint density at radius 1 is 1.33 bits per heavy atom. The predicted molar refractivity (Wildman–Crippen MR) is 29.1 cm³/mol. The Kier molecular flexibility index (Phi) is 0.519. The highest BCUT2D eigenvalue weighted by molar-refractivity contribution is 5.97. The monoisotopic (exact) mass is 138 g/mol. The lowest BCUT2D eigenvalue weighted by Crippen LogP contribution is -2.32. The molecule has 0 heterocycles. The van der Waals surface area contributed by atoms with Crippen molar-refractivity contribution in [1.29, 1.82) is 0 Å². The van der Waals surface area contributed by atoms with Gasteiger partial charge in [-0.25, -0.2) is 0 Å². The van der Waals surface area contributed by atoms with E-state index in [9.17, 15) is 9.59 Å². The maximum absolute atomic E-state index is 10.7. The fraction of sp³-hybridized carbons (Fsp3) is 0.600. The Labute approximate surface area is 60.5 Å². The molecule has 0 saturated carbocycles. The summed E-state index contributed by atoms with van der Waals surface area (Å²) in [6.07, 6.45) is 0. The Hall–Kier alpha value is -1.06. The van der Waals surface area contributed by atoms with Gasteiger partial charge in [0.2, 0.25) is 0 Å². The molecule has 0 aliphatic heterocycles. The molecule has 0 fully saturated rings. The molecule has 0 aliphatic rings. The van der Waals surface area contributed by atoms with Crippen molar-refractivity contribution in [3.63, 3.8) is 0 Å².